The molecule has 0 amide bonds. The Kier molecular flexibility index (Phi) is 5.87. The molecule has 3 rings (SSSR count). The number of hydrogen-bond acceptors (Lipinski definition) is 4. The summed E-state index contributed by atoms with van der Waals surface area (Å²) in [6, 6.07) is 14.9. The molecule has 2 aromatic rings. The molecule has 136 valence electrons. The van der Waals surface area contributed by atoms with Crippen LogP contribution in [0.15, 0.2) is 42.5 Å². The Morgan fingerprint density at radius 2 is 1.77 bits per heavy atom. The van der Waals surface area contributed by atoms with Gasteiger partial charge in [-0.2, -0.15) is 5.26 Å². The van der Waals surface area contributed by atoms with Crippen LogP contribution < -0.4 is 5.32 Å². The number of ether oxygens (including phenoxy) is 1. The molecular formula is C21H24FN3O. The number of hydrogen-bond donors (Lipinski definition) is 1. The summed E-state index contributed by atoms with van der Waals surface area (Å²) in [6.45, 7) is 7.57. The lowest BCUT2D eigenvalue weighted by molar-refractivity contribution is -0.0704. The number of anilines is 1. The van der Waals surface area contributed by atoms with E-state index in [0.717, 1.165) is 25.2 Å². The minimum Gasteiger partial charge on any atom is -0.380 e. The summed E-state index contributed by atoms with van der Waals surface area (Å²) in [5.74, 6) is -0.498. The van der Waals surface area contributed by atoms with Crippen molar-refractivity contribution in [2.24, 2.45) is 0 Å². The number of nitrogens with one attached hydrogen (secondary N) is 1. The summed E-state index contributed by atoms with van der Waals surface area (Å²) in [6.07, 6.45) is 0.533. The van der Waals surface area contributed by atoms with Crippen molar-refractivity contribution in [3.63, 3.8) is 0 Å². The van der Waals surface area contributed by atoms with Crippen molar-refractivity contribution in [3.05, 3.63) is 65.0 Å². The molecular weight excluding hydrogens is 329 g/mol. The third-order valence-electron chi connectivity index (χ3n) is 4.53. The first-order valence-electron chi connectivity index (χ1n) is 8.93. The standard InChI is InChI=1S/C21H24FN3O/c1-15-12-25(13-16(2)26-15)14-18-8-6-17(7-9-18)11-24-21-5-3-4-20(22)19(21)10-23/h3-9,15-16,24H,11-14H2,1-2H3. The zero-order valence-electron chi connectivity index (χ0n) is 15.2. The van der Waals surface area contributed by atoms with E-state index in [9.17, 15) is 4.39 Å². The molecule has 5 heteroatoms. The maximum absolute atomic E-state index is 13.6. The Hall–Kier alpha value is -2.42. The molecule has 0 aliphatic carbocycles. The van der Waals surface area contributed by atoms with E-state index in [1.54, 1.807) is 12.1 Å². The van der Waals surface area contributed by atoms with Gasteiger partial charge in [0.2, 0.25) is 0 Å². The van der Waals surface area contributed by atoms with Crippen LogP contribution in [0.4, 0.5) is 10.1 Å². The number of nitrogens with zero attached hydrogens (tertiary/aromatic N) is 2. The van der Waals surface area contributed by atoms with Crippen molar-refractivity contribution in [2.45, 2.75) is 39.1 Å². The van der Waals surface area contributed by atoms with E-state index in [1.165, 1.54) is 11.6 Å². The molecule has 0 aromatic heterocycles. The minimum atomic E-state index is -0.498. The summed E-state index contributed by atoms with van der Waals surface area (Å²) in [5, 5.41) is 12.2. The Balaban J connectivity index is 1.58. The van der Waals surface area contributed by atoms with Crippen LogP contribution in [0.2, 0.25) is 0 Å². The van der Waals surface area contributed by atoms with Crippen molar-refractivity contribution in [1.29, 1.82) is 5.26 Å². The van der Waals surface area contributed by atoms with Crippen LogP contribution in [-0.2, 0) is 17.8 Å². The van der Waals surface area contributed by atoms with Crippen LogP contribution in [0.25, 0.3) is 0 Å². The Bertz CT molecular complexity index is 775. The summed E-state index contributed by atoms with van der Waals surface area (Å²) in [5.41, 5.74) is 2.93. The first-order chi connectivity index (χ1) is 12.5. The van der Waals surface area contributed by atoms with E-state index < -0.39 is 5.82 Å². The molecule has 26 heavy (non-hydrogen) atoms. The smallest absolute Gasteiger partial charge is 0.143 e. The summed E-state index contributed by atoms with van der Waals surface area (Å²) in [7, 11) is 0. The first kappa shape index (κ1) is 18.4. The Morgan fingerprint density at radius 1 is 1.12 bits per heavy atom. The lowest BCUT2D eigenvalue weighted by Crippen LogP contribution is -2.44. The predicted octanol–water partition coefficient (Wildman–Crippen LogP) is 3.92. The fourth-order valence-corrected chi connectivity index (χ4v) is 3.42. The molecule has 2 unspecified atom stereocenters. The van der Waals surface area contributed by atoms with Crippen LogP contribution in [0.3, 0.4) is 0 Å². The molecule has 1 heterocycles. The third kappa shape index (κ3) is 4.60. The van der Waals surface area contributed by atoms with Gasteiger partial charge >= 0.3 is 0 Å². The van der Waals surface area contributed by atoms with Crippen molar-refractivity contribution < 1.29 is 9.13 Å². The van der Waals surface area contributed by atoms with Gasteiger partial charge in [0.15, 0.2) is 0 Å². The van der Waals surface area contributed by atoms with Gasteiger partial charge in [-0.3, -0.25) is 4.90 Å². The van der Waals surface area contributed by atoms with Crippen molar-refractivity contribution in [2.75, 3.05) is 18.4 Å². The van der Waals surface area contributed by atoms with Crippen molar-refractivity contribution >= 4 is 5.69 Å². The van der Waals surface area contributed by atoms with Crippen molar-refractivity contribution in [1.82, 2.24) is 4.90 Å². The van der Waals surface area contributed by atoms with E-state index >= 15 is 0 Å². The summed E-state index contributed by atoms with van der Waals surface area (Å²) in [4.78, 5) is 2.41. The molecule has 0 bridgehead atoms. The van der Waals surface area contributed by atoms with Gasteiger partial charge in [-0.25, -0.2) is 4.39 Å². The zero-order valence-corrected chi connectivity index (χ0v) is 15.2. The second kappa shape index (κ2) is 8.31. The number of benzene rings is 2. The first-order valence-corrected chi connectivity index (χ1v) is 8.93. The van der Waals surface area contributed by atoms with Gasteiger partial charge < -0.3 is 10.1 Å². The number of halogens is 1. The SMILES string of the molecule is CC1CN(Cc2ccc(CNc3cccc(F)c3C#N)cc2)CC(C)O1. The molecule has 1 aliphatic heterocycles. The lowest BCUT2D eigenvalue weighted by atomic mass is 10.1. The van der Waals surface area contributed by atoms with Crippen molar-refractivity contribution in [3.8, 4) is 6.07 Å². The normalized spacial score (nSPS) is 20.5. The van der Waals surface area contributed by atoms with E-state index in [1.807, 2.05) is 6.07 Å². The van der Waals surface area contributed by atoms with Gasteiger partial charge in [-0.1, -0.05) is 30.3 Å². The summed E-state index contributed by atoms with van der Waals surface area (Å²) < 4.78 is 19.4. The van der Waals surface area contributed by atoms with Gasteiger partial charge in [0.1, 0.15) is 17.4 Å². The third-order valence-corrected chi connectivity index (χ3v) is 4.53. The van der Waals surface area contributed by atoms with E-state index in [0.29, 0.717) is 12.2 Å². The average Bonchev–Trinajstić information content (AvgIpc) is 2.60. The minimum absolute atomic E-state index is 0.0553. The van der Waals surface area contributed by atoms with E-state index in [2.05, 4.69) is 48.3 Å². The lowest BCUT2D eigenvalue weighted by Gasteiger charge is -2.35. The highest BCUT2D eigenvalue weighted by atomic mass is 19.1. The molecule has 2 atom stereocenters. The molecule has 1 fully saturated rings. The molecule has 0 radical (unpaired) electrons. The van der Waals surface area contributed by atoms with Gasteiger partial charge in [0, 0.05) is 26.2 Å². The molecule has 2 aromatic carbocycles. The Morgan fingerprint density at radius 3 is 2.42 bits per heavy atom. The average molecular weight is 353 g/mol. The van der Waals surface area contributed by atoms with Crippen LogP contribution in [0, 0.1) is 17.1 Å². The van der Waals surface area contributed by atoms with Gasteiger partial charge in [0.25, 0.3) is 0 Å². The quantitative estimate of drug-likeness (QED) is 0.885. The predicted molar refractivity (Wildman–Crippen MR) is 100 cm³/mol. The monoisotopic (exact) mass is 353 g/mol. The fraction of sp³-hybridized carbons (Fsp3) is 0.381. The maximum Gasteiger partial charge on any atom is 0.143 e. The van der Waals surface area contributed by atoms with Gasteiger partial charge in [-0.15, -0.1) is 0 Å². The van der Waals surface area contributed by atoms with E-state index in [-0.39, 0.29) is 17.8 Å². The highest BCUT2D eigenvalue weighted by Crippen LogP contribution is 2.19. The van der Waals surface area contributed by atoms with Crippen LogP contribution >= 0.6 is 0 Å². The number of rotatable bonds is 5. The molecule has 0 saturated carbocycles. The summed E-state index contributed by atoms with van der Waals surface area (Å²) >= 11 is 0. The van der Waals surface area contributed by atoms with Gasteiger partial charge in [-0.05, 0) is 37.1 Å². The van der Waals surface area contributed by atoms with Crippen LogP contribution in [0.1, 0.15) is 30.5 Å². The number of morpholine rings is 1. The largest absolute Gasteiger partial charge is 0.380 e. The maximum atomic E-state index is 13.6. The Labute approximate surface area is 154 Å². The van der Waals surface area contributed by atoms with Gasteiger partial charge in [0.05, 0.1) is 17.9 Å². The number of nitriles is 1. The van der Waals surface area contributed by atoms with E-state index in [4.69, 9.17) is 10.00 Å². The molecule has 1 saturated heterocycles. The topological polar surface area (TPSA) is 48.3 Å². The molecule has 1 N–H and O–H groups in total. The second-order valence-electron chi connectivity index (χ2n) is 6.90. The fourth-order valence-electron chi connectivity index (χ4n) is 3.42. The second-order valence-corrected chi connectivity index (χ2v) is 6.90. The zero-order chi connectivity index (χ0) is 18.5. The molecule has 0 spiro atoms. The molecule has 1 aliphatic rings. The highest BCUT2D eigenvalue weighted by molar-refractivity contribution is 5.58. The van der Waals surface area contributed by atoms with Crippen LogP contribution in [0.5, 0.6) is 0 Å². The van der Waals surface area contributed by atoms with Crippen LogP contribution in [-0.4, -0.2) is 30.2 Å². The highest BCUT2D eigenvalue weighted by Gasteiger charge is 2.21. The molecule has 4 nitrogen and oxygen atoms in total.